The molecule has 8 heteroatoms. The highest BCUT2D eigenvalue weighted by molar-refractivity contribution is 7.89. The summed E-state index contributed by atoms with van der Waals surface area (Å²) in [6.45, 7) is 3.52. The molecule has 1 N–H and O–H groups in total. The van der Waals surface area contributed by atoms with Gasteiger partial charge in [-0.3, -0.25) is 5.10 Å². The summed E-state index contributed by atoms with van der Waals surface area (Å²) in [6.07, 6.45) is 4.27. The molecule has 2 aliphatic rings. The van der Waals surface area contributed by atoms with Crippen LogP contribution in [0.15, 0.2) is 6.33 Å². The molecule has 1 aliphatic heterocycles. The summed E-state index contributed by atoms with van der Waals surface area (Å²) >= 11 is 0. The Morgan fingerprint density at radius 1 is 1.48 bits per heavy atom. The third kappa shape index (κ3) is 3.44. The van der Waals surface area contributed by atoms with Crippen molar-refractivity contribution in [1.82, 2.24) is 19.5 Å². The average Bonchev–Trinajstić information content (AvgIpc) is 2.94. The molecule has 21 heavy (non-hydrogen) atoms. The van der Waals surface area contributed by atoms with Crippen molar-refractivity contribution in [3.8, 4) is 0 Å². The first kappa shape index (κ1) is 14.9. The van der Waals surface area contributed by atoms with E-state index >= 15 is 0 Å². The lowest BCUT2D eigenvalue weighted by molar-refractivity contribution is 0.0624. The Morgan fingerprint density at radius 2 is 2.29 bits per heavy atom. The van der Waals surface area contributed by atoms with Crippen LogP contribution in [-0.4, -0.2) is 59.5 Å². The molecule has 1 saturated carbocycles. The topological polar surface area (TPSA) is 88.2 Å². The third-order valence-corrected chi connectivity index (χ3v) is 6.14. The zero-order valence-corrected chi connectivity index (χ0v) is 13.1. The molecule has 0 radical (unpaired) electrons. The molecule has 0 bridgehead atoms. The van der Waals surface area contributed by atoms with Crippen LogP contribution in [0, 0.1) is 5.92 Å². The van der Waals surface area contributed by atoms with E-state index in [4.69, 9.17) is 4.74 Å². The summed E-state index contributed by atoms with van der Waals surface area (Å²) in [5.41, 5.74) is 0. The van der Waals surface area contributed by atoms with Gasteiger partial charge in [0, 0.05) is 25.6 Å². The minimum absolute atomic E-state index is 0.106. The van der Waals surface area contributed by atoms with E-state index in [9.17, 15) is 8.42 Å². The maximum absolute atomic E-state index is 12.6. The van der Waals surface area contributed by atoms with Gasteiger partial charge in [-0.15, -0.1) is 0 Å². The number of ether oxygens (including phenoxy) is 1. The van der Waals surface area contributed by atoms with E-state index in [-0.39, 0.29) is 17.8 Å². The molecule has 1 saturated heterocycles. The molecule has 7 nitrogen and oxygen atoms in total. The Bertz CT molecular complexity index is 556. The lowest BCUT2D eigenvalue weighted by Gasteiger charge is -2.21. The van der Waals surface area contributed by atoms with Crippen molar-refractivity contribution in [2.75, 3.05) is 25.4 Å². The lowest BCUT2D eigenvalue weighted by atomic mass is 10.1. The molecule has 1 aromatic heterocycles. The monoisotopic (exact) mass is 314 g/mol. The van der Waals surface area contributed by atoms with Crippen LogP contribution in [0.4, 0.5) is 0 Å². The predicted octanol–water partition coefficient (Wildman–Crippen LogP) is 0.739. The number of aromatic nitrogens is 3. The lowest BCUT2D eigenvalue weighted by Crippen LogP contribution is -2.37. The van der Waals surface area contributed by atoms with Crippen LogP contribution in [0.3, 0.4) is 0 Å². The first-order valence-corrected chi connectivity index (χ1v) is 9.15. The normalized spacial score (nSPS) is 25.3. The standard InChI is InChI=1S/C13H22N4O3S/c1-2-20-12(10-3-4-10)8-21(18,19)17-6-5-11(7-17)13-14-9-15-16-13/h9-12H,2-8H2,1H3,(H,14,15,16). The van der Waals surface area contributed by atoms with E-state index in [0.29, 0.717) is 25.6 Å². The number of nitrogens with zero attached hydrogens (tertiary/aromatic N) is 3. The van der Waals surface area contributed by atoms with Gasteiger partial charge < -0.3 is 4.74 Å². The van der Waals surface area contributed by atoms with Crippen molar-refractivity contribution in [2.45, 2.75) is 38.2 Å². The van der Waals surface area contributed by atoms with Gasteiger partial charge in [-0.25, -0.2) is 17.7 Å². The number of rotatable bonds is 7. The largest absolute Gasteiger partial charge is 0.377 e. The molecule has 2 unspecified atom stereocenters. The molecule has 0 spiro atoms. The van der Waals surface area contributed by atoms with Crippen LogP contribution in [-0.2, 0) is 14.8 Å². The van der Waals surface area contributed by atoms with E-state index in [1.165, 1.54) is 6.33 Å². The summed E-state index contributed by atoms with van der Waals surface area (Å²) in [7, 11) is -3.26. The van der Waals surface area contributed by atoms with Gasteiger partial charge in [0.2, 0.25) is 10.0 Å². The summed E-state index contributed by atoms with van der Waals surface area (Å²) in [5.74, 6) is 1.42. The van der Waals surface area contributed by atoms with Gasteiger partial charge in [0.25, 0.3) is 0 Å². The molecular weight excluding hydrogens is 292 g/mol. The number of aromatic amines is 1. The van der Waals surface area contributed by atoms with Crippen molar-refractivity contribution in [3.63, 3.8) is 0 Å². The smallest absolute Gasteiger partial charge is 0.216 e. The van der Waals surface area contributed by atoms with Crippen LogP contribution in [0.5, 0.6) is 0 Å². The van der Waals surface area contributed by atoms with Crippen LogP contribution in [0.2, 0.25) is 0 Å². The Balaban J connectivity index is 1.62. The van der Waals surface area contributed by atoms with Crippen LogP contribution >= 0.6 is 0 Å². The van der Waals surface area contributed by atoms with Gasteiger partial charge in [0.15, 0.2) is 0 Å². The highest BCUT2D eigenvalue weighted by Crippen LogP contribution is 2.36. The van der Waals surface area contributed by atoms with Gasteiger partial charge in [0.05, 0.1) is 11.9 Å². The fourth-order valence-corrected chi connectivity index (χ4v) is 4.72. The first-order chi connectivity index (χ1) is 10.1. The van der Waals surface area contributed by atoms with Crippen LogP contribution < -0.4 is 0 Å². The summed E-state index contributed by atoms with van der Waals surface area (Å²) < 4.78 is 32.3. The molecule has 2 fully saturated rings. The van der Waals surface area contributed by atoms with Crippen LogP contribution in [0.25, 0.3) is 0 Å². The maximum atomic E-state index is 12.6. The number of hydrogen-bond acceptors (Lipinski definition) is 5. The van der Waals surface area contributed by atoms with Crippen molar-refractivity contribution in [2.24, 2.45) is 5.92 Å². The molecule has 0 aromatic carbocycles. The Hall–Kier alpha value is -0.990. The molecule has 2 atom stereocenters. The zero-order valence-electron chi connectivity index (χ0n) is 12.2. The van der Waals surface area contributed by atoms with E-state index < -0.39 is 10.0 Å². The van der Waals surface area contributed by atoms with Crippen molar-refractivity contribution < 1.29 is 13.2 Å². The summed E-state index contributed by atoms with van der Waals surface area (Å²) in [5, 5.41) is 6.67. The molecule has 1 aliphatic carbocycles. The Kier molecular flexibility index (Phi) is 4.28. The number of hydrogen-bond donors (Lipinski definition) is 1. The Morgan fingerprint density at radius 3 is 2.90 bits per heavy atom. The van der Waals surface area contributed by atoms with Crippen molar-refractivity contribution >= 4 is 10.0 Å². The first-order valence-electron chi connectivity index (χ1n) is 7.55. The van der Waals surface area contributed by atoms with Crippen LogP contribution in [0.1, 0.15) is 37.9 Å². The van der Waals surface area contributed by atoms with Gasteiger partial charge in [-0.05, 0) is 32.1 Å². The second kappa shape index (κ2) is 6.02. The zero-order chi connectivity index (χ0) is 14.9. The second-order valence-electron chi connectivity index (χ2n) is 5.82. The number of H-pyrrole nitrogens is 1. The summed E-state index contributed by atoms with van der Waals surface area (Å²) in [6, 6.07) is 0. The Labute approximate surface area is 125 Å². The van der Waals surface area contributed by atoms with Crippen molar-refractivity contribution in [1.29, 1.82) is 0 Å². The van der Waals surface area contributed by atoms with Crippen molar-refractivity contribution in [3.05, 3.63) is 12.2 Å². The maximum Gasteiger partial charge on any atom is 0.216 e. The number of nitrogens with one attached hydrogen (secondary N) is 1. The minimum Gasteiger partial charge on any atom is -0.377 e. The van der Waals surface area contributed by atoms with E-state index in [0.717, 1.165) is 25.1 Å². The number of sulfonamides is 1. The SMILES string of the molecule is CCOC(CS(=O)(=O)N1CCC(c2ncn[nH]2)C1)C1CC1. The molecule has 3 rings (SSSR count). The molecular formula is C13H22N4O3S. The molecule has 1 aromatic rings. The fourth-order valence-electron chi connectivity index (χ4n) is 2.93. The van der Waals surface area contributed by atoms with Gasteiger partial charge in [-0.2, -0.15) is 5.10 Å². The van der Waals surface area contributed by atoms with Gasteiger partial charge >= 0.3 is 0 Å². The summed E-state index contributed by atoms with van der Waals surface area (Å²) in [4.78, 5) is 4.13. The molecule has 2 heterocycles. The van der Waals surface area contributed by atoms with Gasteiger partial charge in [0.1, 0.15) is 12.2 Å². The van der Waals surface area contributed by atoms with E-state index in [1.807, 2.05) is 6.92 Å². The van der Waals surface area contributed by atoms with Gasteiger partial charge in [-0.1, -0.05) is 0 Å². The predicted molar refractivity (Wildman–Crippen MR) is 77.2 cm³/mol. The molecule has 0 amide bonds. The molecule has 118 valence electrons. The van der Waals surface area contributed by atoms with E-state index in [1.54, 1.807) is 4.31 Å². The fraction of sp³-hybridized carbons (Fsp3) is 0.846. The van der Waals surface area contributed by atoms with E-state index in [2.05, 4.69) is 15.2 Å². The average molecular weight is 314 g/mol. The highest BCUT2D eigenvalue weighted by atomic mass is 32.2. The quantitative estimate of drug-likeness (QED) is 0.802. The second-order valence-corrected chi connectivity index (χ2v) is 7.84. The minimum atomic E-state index is -3.26. The highest BCUT2D eigenvalue weighted by Gasteiger charge is 2.39. The third-order valence-electron chi connectivity index (χ3n) is 4.27.